The van der Waals surface area contributed by atoms with Crippen LogP contribution in [0.25, 0.3) is 0 Å². The molecule has 0 amide bonds. The molecule has 0 aromatic carbocycles. The Morgan fingerprint density at radius 1 is 1.26 bits per heavy atom. The third-order valence-corrected chi connectivity index (χ3v) is 6.59. The molecule has 3 atom stereocenters. The Bertz CT molecular complexity index is 632. The van der Waals surface area contributed by atoms with Gasteiger partial charge >= 0.3 is 0 Å². The average molecular weight is 376 g/mol. The summed E-state index contributed by atoms with van der Waals surface area (Å²) in [6.07, 6.45) is 13.3. The Morgan fingerprint density at radius 3 is 2.85 bits per heavy atom. The Kier molecular flexibility index (Phi) is 5.75. The summed E-state index contributed by atoms with van der Waals surface area (Å²) in [6.45, 7) is 8.52. The zero-order valence-electron chi connectivity index (χ0n) is 16.9. The highest BCUT2D eigenvalue weighted by atomic mass is 19.1. The van der Waals surface area contributed by atoms with Crippen LogP contribution in [-0.4, -0.2) is 42.8 Å². The Balaban J connectivity index is 1.42. The monoisotopic (exact) mass is 375 g/mol. The standard InChI is InChI=1S/C23H34FNO2/c1-17(2)27-22-7-5-6-20(24)12-21(22)19-14-23(26-16-19)9-8-18(13-23)15-25-10-3-4-11-25/h6-7,12,17-19H,3-5,8-11,13-16H2,1-2H3/t18?,19-,23+/m1/s1. The van der Waals surface area contributed by atoms with Crippen LogP contribution in [0.3, 0.4) is 0 Å². The van der Waals surface area contributed by atoms with Crippen LogP contribution in [0.2, 0.25) is 0 Å². The van der Waals surface area contributed by atoms with Crippen molar-refractivity contribution in [2.24, 2.45) is 11.8 Å². The highest BCUT2D eigenvalue weighted by Crippen LogP contribution is 2.49. The summed E-state index contributed by atoms with van der Waals surface area (Å²) in [5, 5.41) is 0. The van der Waals surface area contributed by atoms with E-state index in [-0.39, 0.29) is 23.4 Å². The minimum Gasteiger partial charge on any atom is -0.491 e. The zero-order valence-corrected chi connectivity index (χ0v) is 16.9. The Morgan fingerprint density at radius 2 is 2.07 bits per heavy atom. The molecule has 4 heteroatoms. The average Bonchev–Trinajstić information content (AvgIpc) is 3.33. The molecule has 2 saturated heterocycles. The van der Waals surface area contributed by atoms with Gasteiger partial charge in [0.1, 0.15) is 11.6 Å². The van der Waals surface area contributed by atoms with Crippen molar-refractivity contribution in [1.29, 1.82) is 0 Å². The van der Waals surface area contributed by atoms with Crippen molar-refractivity contribution in [2.75, 3.05) is 26.2 Å². The fraction of sp³-hybridized carbons (Fsp3) is 0.739. The van der Waals surface area contributed by atoms with Crippen LogP contribution in [0.1, 0.15) is 58.8 Å². The summed E-state index contributed by atoms with van der Waals surface area (Å²) in [5.41, 5.74) is 1.00. The van der Waals surface area contributed by atoms with Gasteiger partial charge in [-0.15, -0.1) is 0 Å². The first kappa shape index (κ1) is 19.2. The maximum Gasteiger partial charge on any atom is 0.119 e. The van der Waals surface area contributed by atoms with Crippen LogP contribution in [0.4, 0.5) is 4.39 Å². The van der Waals surface area contributed by atoms with Crippen LogP contribution in [0.5, 0.6) is 0 Å². The number of hydrogen-bond acceptors (Lipinski definition) is 3. The number of rotatable bonds is 5. The van der Waals surface area contributed by atoms with Crippen molar-refractivity contribution in [1.82, 2.24) is 4.90 Å². The lowest BCUT2D eigenvalue weighted by Gasteiger charge is -2.25. The largest absolute Gasteiger partial charge is 0.491 e. The van der Waals surface area contributed by atoms with E-state index >= 15 is 0 Å². The van der Waals surface area contributed by atoms with E-state index in [4.69, 9.17) is 9.47 Å². The van der Waals surface area contributed by atoms with E-state index in [1.807, 2.05) is 19.9 Å². The molecule has 27 heavy (non-hydrogen) atoms. The zero-order chi connectivity index (χ0) is 18.9. The number of halogens is 1. The molecule has 4 aliphatic rings. The highest BCUT2D eigenvalue weighted by Gasteiger charge is 2.47. The van der Waals surface area contributed by atoms with E-state index in [0.717, 1.165) is 36.5 Å². The molecule has 3 nitrogen and oxygen atoms in total. The second-order valence-electron chi connectivity index (χ2n) is 9.17. The molecule has 0 bridgehead atoms. The Hall–Kier alpha value is -1.13. The number of allylic oxidation sites excluding steroid dienone is 5. The van der Waals surface area contributed by atoms with E-state index in [1.165, 1.54) is 38.9 Å². The summed E-state index contributed by atoms with van der Waals surface area (Å²) >= 11 is 0. The molecule has 1 spiro atoms. The minimum absolute atomic E-state index is 0.00529. The Labute approximate surface area is 163 Å². The predicted octanol–water partition coefficient (Wildman–Crippen LogP) is 5.15. The maximum atomic E-state index is 14.2. The molecule has 2 aliphatic heterocycles. The molecule has 0 aromatic rings. The van der Waals surface area contributed by atoms with Crippen molar-refractivity contribution in [2.45, 2.75) is 70.5 Å². The smallest absolute Gasteiger partial charge is 0.119 e. The van der Waals surface area contributed by atoms with Gasteiger partial charge in [-0.2, -0.15) is 0 Å². The molecule has 2 aliphatic carbocycles. The topological polar surface area (TPSA) is 21.7 Å². The second-order valence-corrected chi connectivity index (χ2v) is 9.17. The molecule has 1 unspecified atom stereocenters. The lowest BCUT2D eigenvalue weighted by atomic mass is 9.86. The third-order valence-electron chi connectivity index (χ3n) is 6.59. The minimum atomic E-state index is -0.150. The second kappa shape index (κ2) is 8.08. The summed E-state index contributed by atoms with van der Waals surface area (Å²) < 4.78 is 26.6. The summed E-state index contributed by atoms with van der Waals surface area (Å²) in [5.74, 6) is 1.69. The van der Waals surface area contributed by atoms with Gasteiger partial charge in [0.05, 0.1) is 18.3 Å². The molecule has 150 valence electrons. The van der Waals surface area contributed by atoms with Crippen molar-refractivity contribution >= 4 is 0 Å². The summed E-state index contributed by atoms with van der Waals surface area (Å²) in [4.78, 5) is 2.63. The fourth-order valence-corrected chi connectivity index (χ4v) is 5.41. The molecule has 0 radical (unpaired) electrons. The van der Waals surface area contributed by atoms with E-state index < -0.39 is 0 Å². The van der Waals surface area contributed by atoms with Crippen LogP contribution < -0.4 is 0 Å². The molecule has 3 fully saturated rings. The van der Waals surface area contributed by atoms with Gasteiger partial charge in [0.25, 0.3) is 0 Å². The van der Waals surface area contributed by atoms with Crippen molar-refractivity contribution in [3.05, 3.63) is 35.4 Å². The van der Waals surface area contributed by atoms with Gasteiger partial charge in [0, 0.05) is 18.0 Å². The van der Waals surface area contributed by atoms with Crippen molar-refractivity contribution in [3.8, 4) is 0 Å². The molecule has 1 saturated carbocycles. The van der Waals surface area contributed by atoms with Crippen molar-refractivity contribution < 1.29 is 13.9 Å². The molecular formula is C23H34FNO2. The number of nitrogens with zero attached hydrogens (tertiary/aromatic N) is 1. The SMILES string of the molecule is CC(C)OC1=CCC=C(F)C=C1[C@H]1CO[C@]2(CCC(CN3CCCC3)C2)C1. The van der Waals surface area contributed by atoms with E-state index in [0.29, 0.717) is 13.0 Å². The number of likely N-dealkylation sites (tertiary alicyclic amines) is 1. The normalized spacial score (nSPS) is 34.7. The maximum absolute atomic E-state index is 14.2. The van der Waals surface area contributed by atoms with Crippen LogP contribution in [-0.2, 0) is 9.47 Å². The lowest BCUT2D eigenvalue weighted by molar-refractivity contribution is 0.00539. The van der Waals surface area contributed by atoms with Gasteiger partial charge in [-0.05, 0) is 96.0 Å². The fourth-order valence-electron chi connectivity index (χ4n) is 5.41. The summed E-state index contributed by atoms with van der Waals surface area (Å²) in [7, 11) is 0. The van der Waals surface area contributed by atoms with E-state index in [1.54, 1.807) is 12.2 Å². The van der Waals surface area contributed by atoms with Crippen LogP contribution in [0, 0.1) is 11.8 Å². The number of hydrogen-bond donors (Lipinski definition) is 0. The summed E-state index contributed by atoms with van der Waals surface area (Å²) in [6, 6.07) is 0. The van der Waals surface area contributed by atoms with Crippen LogP contribution in [0.15, 0.2) is 35.4 Å². The predicted molar refractivity (Wildman–Crippen MR) is 106 cm³/mol. The highest BCUT2D eigenvalue weighted by molar-refractivity contribution is 5.38. The first-order chi connectivity index (χ1) is 13.0. The van der Waals surface area contributed by atoms with E-state index in [9.17, 15) is 4.39 Å². The van der Waals surface area contributed by atoms with Gasteiger partial charge in [-0.25, -0.2) is 4.39 Å². The molecule has 4 rings (SSSR count). The molecule has 2 heterocycles. The molecular weight excluding hydrogens is 341 g/mol. The van der Waals surface area contributed by atoms with Gasteiger partial charge in [-0.1, -0.05) is 0 Å². The quantitative estimate of drug-likeness (QED) is 0.663. The van der Waals surface area contributed by atoms with Gasteiger partial charge in [0.2, 0.25) is 0 Å². The third kappa shape index (κ3) is 4.48. The van der Waals surface area contributed by atoms with Crippen LogP contribution >= 0.6 is 0 Å². The number of ether oxygens (including phenoxy) is 2. The molecule has 0 aromatic heterocycles. The van der Waals surface area contributed by atoms with Gasteiger partial charge in [0.15, 0.2) is 0 Å². The molecule has 0 N–H and O–H groups in total. The lowest BCUT2D eigenvalue weighted by Crippen LogP contribution is -2.28. The van der Waals surface area contributed by atoms with Gasteiger partial charge < -0.3 is 14.4 Å². The first-order valence-electron chi connectivity index (χ1n) is 10.8. The van der Waals surface area contributed by atoms with E-state index in [2.05, 4.69) is 4.90 Å². The van der Waals surface area contributed by atoms with Gasteiger partial charge in [-0.3, -0.25) is 0 Å². The first-order valence-corrected chi connectivity index (χ1v) is 10.8. The van der Waals surface area contributed by atoms with Crippen molar-refractivity contribution in [3.63, 3.8) is 0 Å².